The van der Waals surface area contributed by atoms with Crippen molar-refractivity contribution in [3.05, 3.63) is 80.1 Å². The van der Waals surface area contributed by atoms with E-state index < -0.39 is 5.82 Å². The van der Waals surface area contributed by atoms with Gasteiger partial charge in [0.1, 0.15) is 11.5 Å². The van der Waals surface area contributed by atoms with Gasteiger partial charge in [0.2, 0.25) is 0 Å². The first-order chi connectivity index (χ1) is 17.7. The van der Waals surface area contributed by atoms with Crippen LogP contribution in [0.1, 0.15) is 30.0 Å². The van der Waals surface area contributed by atoms with E-state index in [0.717, 1.165) is 29.7 Å². The van der Waals surface area contributed by atoms with Crippen LogP contribution in [0, 0.1) is 19.7 Å². The van der Waals surface area contributed by atoms with E-state index in [1.807, 2.05) is 42.7 Å². The molecule has 0 amide bonds. The van der Waals surface area contributed by atoms with E-state index in [1.54, 1.807) is 33.0 Å². The van der Waals surface area contributed by atoms with Crippen LogP contribution in [0.15, 0.2) is 52.1 Å². The van der Waals surface area contributed by atoms with Gasteiger partial charge in [-0.05, 0) is 70.6 Å². The summed E-state index contributed by atoms with van der Waals surface area (Å²) in [5.74, 6) is -0.456. The summed E-state index contributed by atoms with van der Waals surface area (Å²) in [6.07, 6.45) is 1.72. The highest BCUT2D eigenvalue weighted by Gasteiger charge is 2.30. The van der Waals surface area contributed by atoms with Crippen molar-refractivity contribution in [2.24, 2.45) is 7.05 Å². The molecule has 4 aromatic rings. The molecule has 1 saturated carbocycles. The Labute approximate surface area is 218 Å². The lowest BCUT2D eigenvalue weighted by atomic mass is 10.0. The van der Waals surface area contributed by atoms with E-state index in [0.29, 0.717) is 27.8 Å². The Kier molecular flexibility index (Phi) is 6.55. The number of aryl methyl sites for hydroxylation is 2. The number of hydrogen-bond acceptors (Lipinski definition) is 7. The van der Waals surface area contributed by atoms with E-state index in [1.165, 1.54) is 27.4 Å². The molecule has 0 bridgehead atoms. The zero-order chi connectivity index (χ0) is 26.4. The van der Waals surface area contributed by atoms with E-state index in [4.69, 9.17) is 5.10 Å². The minimum atomic E-state index is -0.456. The van der Waals surface area contributed by atoms with Crippen molar-refractivity contribution < 1.29 is 4.39 Å². The summed E-state index contributed by atoms with van der Waals surface area (Å²) in [7, 11) is 5.52. The Morgan fingerprint density at radius 3 is 2.51 bits per heavy atom. The quantitative estimate of drug-likeness (QED) is 0.327. The molecular formula is C27H29FN6O2S. The van der Waals surface area contributed by atoms with Crippen LogP contribution in [0.5, 0.6) is 0 Å². The number of nitrogens with zero attached hydrogens (tertiary/aromatic N) is 4. The second-order valence-electron chi connectivity index (χ2n) is 9.61. The largest absolute Gasteiger partial charge is 0.352 e. The highest BCUT2D eigenvalue weighted by atomic mass is 32.2. The number of nitrogens with one attached hydrogen (secondary N) is 2. The van der Waals surface area contributed by atoms with Gasteiger partial charge in [0.05, 0.1) is 28.3 Å². The normalized spacial score (nSPS) is 13.4. The second-order valence-corrected chi connectivity index (χ2v) is 10.7. The first-order valence-corrected chi connectivity index (χ1v) is 12.8. The zero-order valence-electron chi connectivity index (χ0n) is 21.4. The van der Waals surface area contributed by atoms with Crippen LogP contribution in [0.3, 0.4) is 0 Å². The summed E-state index contributed by atoms with van der Waals surface area (Å²) in [5.41, 5.74) is 3.58. The summed E-state index contributed by atoms with van der Waals surface area (Å²) < 4.78 is 23.0. The monoisotopic (exact) mass is 520 g/mol. The maximum atomic E-state index is 14.8. The number of fused-ring (bicyclic) bond motifs is 1. The number of hydrogen-bond donors (Lipinski definition) is 2. The first-order valence-electron chi connectivity index (χ1n) is 12.1. The molecule has 0 saturated heterocycles. The van der Waals surface area contributed by atoms with Crippen LogP contribution in [-0.4, -0.2) is 32.7 Å². The molecule has 37 heavy (non-hydrogen) atoms. The van der Waals surface area contributed by atoms with E-state index in [-0.39, 0.29) is 22.8 Å². The van der Waals surface area contributed by atoms with Crippen molar-refractivity contribution in [2.45, 2.75) is 32.7 Å². The van der Waals surface area contributed by atoms with Crippen LogP contribution in [0.25, 0.3) is 22.2 Å². The van der Waals surface area contributed by atoms with Crippen molar-refractivity contribution in [3.8, 4) is 11.3 Å². The molecule has 5 rings (SSSR count). The fourth-order valence-electron chi connectivity index (χ4n) is 4.38. The minimum Gasteiger partial charge on any atom is -0.352 e. The molecule has 8 nitrogen and oxygen atoms in total. The van der Waals surface area contributed by atoms with Gasteiger partial charge < -0.3 is 14.6 Å². The molecule has 192 valence electrons. The third kappa shape index (κ3) is 4.74. The van der Waals surface area contributed by atoms with Crippen molar-refractivity contribution >= 4 is 40.1 Å². The Morgan fingerprint density at radius 2 is 1.84 bits per heavy atom. The number of halogens is 1. The molecule has 1 fully saturated rings. The predicted octanol–water partition coefficient (Wildman–Crippen LogP) is 5.13. The van der Waals surface area contributed by atoms with Gasteiger partial charge in [-0.15, -0.1) is 0 Å². The molecular weight excluding hydrogens is 491 g/mol. The lowest BCUT2D eigenvalue weighted by Gasteiger charge is -2.19. The Balaban J connectivity index is 1.80. The Morgan fingerprint density at radius 1 is 1.08 bits per heavy atom. The smallest absolute Gasteiger partial charge is 0.278 e. The maximum absolute atomic E-state index is 14.8. The van der Waals surface area contributed by atoms with E-state index in [2.05, 4.69) is 10.0 Å². The van der Waals surface area contributed by atoms with Gasteiger partial charge in [-0.1, -0.05) is 18.2 Å². The minimum absolute atomic E-state index is 0.00255. The lowest BCUT2D eigenvalue weighted by molar-refractivity contribution is 0.607. The third-order valence-corrected chi connectivity index (χ3v) is 7.13. The standard InChI is InChI=1S/C27H29FN6O2S/c1-15-9-12-21(20(28)13-15)29-23-16(2)26(35)33(5)25-22(23)27(36)34(19-10-11-19)30-24(25)17-7-6-8-18(14-17)31-37-32(3)4/h6-9,12-14,19,29,31H,10-11H2,1-5H3. The number of benzene rings is 2. The molecule has 0 spiro atoms. The van der Waals surface area contributed by atoms with Crippen LogP contribution in [-0.2, 0) is 7.05 Å². The van der Waals surface area contributed by atoms with Gasteiger partial charge in [-0.25, -0.2) is 13.4 Å². The summed E-state index contributed by atoms with van der Waals surface area (Å²) in [6.45, 7) is 3.46. The van der Waals surface area contributed by atoms with E-state index >= 15 is 0 Å². The number of pyridine rings is 1. The number of aromatic nitrogens is 3. The van der Waals surface area contributed by atoms with Crippen LogP contribution >= 0.6 is 12.1 Å². The van der Waals surface area contributed by atoms with Crippen molar-refractivity contribution in [1.82, 2.24) is 18.7 Å². The molecule has 2 N–H and O–H groups in total. The highest BCUT2D eigenvalue weighted by Crippen LogP contribution is 2.37. The summed E-state index contributed by atoms with van der Waals surface area (Å²) in [5, 5.41) is 8.17. The maximum Gasteiger partial charge on any atom is 0.278 e. The molecule has 2 heterocycles. The topological polar surface area (TPSA) is 84.2 Å². The van der Waals surface area contributed by atoms with Crippen LogP contribution in [0.4, 0.5) is 21.5 Å². The lowest BCUT2D eigenvalue weighted by Crippen LogP contribution is -2.29. The highest BCUT2D eigenvalue weighted by molar-refractivity contribution is 7.98. The third-order valence-electron chi connectivity index (χ3n) is 6.44. The SMILES string of the molecule is Cc1ccc(Nc2c(C)c(=O)n(C)c3c(-c4cccc(NSN(C)C)c4)nn(C4CC4)c(=O)c23)c(F)c1. The average molecular weight is 521 g/mol. The molecule has 1 aliphatic carbocycles. The first kappa shape index (κ1) is 25.0. The molecule has 0 aliphatic heterocycles. The molecule has 2 aromatic carbocycles. The van der Waals surface area contributed by atoms with Gasteiger partial charge in [0, 0.05) is 36.0 Å². The van der Waals surface area contributed by atoms with Gasteiger partial charge in [-0.2, -0.15) is 5.10 Å². The van der Waals surface area contributed by atoms with E-state index in [9.17, 15) is 14.0 Å². The average Bonchev–Trinajstić information content (AvgIpc) is 3.71. The van der Waals surface area contributed by atoms with Gasteiger partial charge in [-0.3, -0.25) is 9.59 Å². The second kappa shape index (κ2) is 9.68. The fraction of sp³-hybridized carbons (Fsp3) is 0.296. The molecule has 1 aliphatic rings. The number of rotatable bonds is 7. The Hall–Kier alpha value is -3.63. The molecule has 0 atom stereocenters. The van der Waals surface area contributed by atoms with Gasteiger partial charge in [0.15, 0.2) is 0 Å². The van der Waals surface area contributed by atoms with Crippen molar-refractivity contribution in [3.63, 3.8) is 0 Å². The van der Waals surface area contributed by atoms with Gasteiger partial charge in [0.25, 0.3) is 11.1 Å². The molecule has 2 aromatic heterocycles. The number of anilines is 3. The van der Waals surface area contributed by atoms with Crippen molar-refractivity contribution in [1.29, 1.82) is 0 Å². The summed E-state index contributed by atoms with van der Waals surface area (Å²) in [6, 6.07) is 12.5. The zero-order valence-corrected chi connectivity index (χ0v) is 22.2. The Bertz CT molecular complexity index is 1640. The molecule has 0 radical (unpaired) electrons. The predicted molar refractivity (Wildman–Crippen MR) is 149 cm³/mol. The van der Waals surface area contributed by atoms with Crippen LogP contribution < -0.4 is 21.2 Å². The fourth-order valence-corrected chi connectivity index (χ4v) is 4.80. The molecule has 10 heteroatoms. The van der Waals surface area contributed by atoms with Crippen LogP contribution in [0.2, 0.25) is 0 Å². The summed E-state index contributed by atoms with van der Waals surface area (Å²) >= 11 is 1.43. The van der Waals surface area contributed by atoms with Crippen molar-refractivity contribution in [2.75, 3.05) is 24.1 Å². The van der Waals surface area contributed by atoms with Gasteiger partial charge >= 0.3 is 0 Å². The summed E-state index contributed by atoms with van der Waals surface area (Å²) in [4.78, 5) is 27.2. The molecule has 0 unspecified atom stereocenters.